The molecule has 2 aromatic rings. The van der Waals surface area contributed by atoms with Crippen LogP contribution in [0.25, 0.3) is 0 Å². The Morgan fingerprint density at radius 1 is 1.10 bits per heavy atom. The number of halogens is 2. The maximum Gasteiger partial charge on any atom is 0.255 e. The number of nitrogens with zero attached hydrogens (tertiary/aromatic N) is 1. The Balaban J connectivity index is 2.11. The molecule has 20 heavy (non-hydrogen) atoms. The first-order valence-electron chi connectivity index (χ1n) is 5.82. The Morgan fingerprint density at radius 3 is 2.40 bits per heavy atom. The van der Waals surface area contributed by atoms with Crippen LogP contribution in [0.15, 0.2) is 42.5 Å². The van der Waals surface area contributed by atoms with Crippen molar-refractivity contribution in [1.82, 2.24) is 0 Å². The number of anilines is 1. The highest BCUT2D eigenvalue weighted by Crippen LogP contribution is 2.23. The molecule has 5 heteroatoms. The lowest BCUT2D eigenvalue weighted by atomic mass is 10.1. The predicted molar refractivity (Wildman–Crippen MR) is 80.2 cm³/mol. The van der Waals surface area contributed by atoms with Gasteiger partial charge in [0.05, 0.1) is 22.5 Å². The Kier molecular flexibility index (Phi) is 4.62. The molecule has 0 heterocycles. The molecule has 0 bridgehead atoms. The van der Waals surface area contributed by atoms with Crippen LogP contribution >= 0.6 is 23.2 Å². The second kappa shape index (κ2) is 6.42. The summed E-state index contributed by atoms with van der Waals surface area (Å²) in [7, 11) is 0. The van der Waals surface area contributed by atoms with E-state index in [-0.39, 0.29) is 5.91 Å². The summed E-state index contributed by atoms with van der Waals surface area (Å²) in [5.41, 5.74) is 1.99. The van der Waals surface area contributed by atoms with Crippen molar-refractivity contribution in [2.45, 2.75) is 6.42 Å². The molecule has 0 aliphatic carbocycles. The van der Waals surface area contributed by atoms with Gasteiger partial charge in [-0.15, -0.1) is 0 Å². The molecule has 100 valence electrons. The van der Waals surface area contributed by atoms with Gasteiger partial charge in [-0.25, -0.2) is 0 Å². The zero-order valence-corrected chi connectivity index (χ0v) is 11.9. The SMILES string of the molecule is N#CCc1ccc(NC(=O)c2ccc(Cl)c(Cl)c2)cc1. The number of carbonyl (C=O) groups excluding carboxylic acids is 1. The van der Waals surface area contributed by atoms with E-state index in [9.17, 15) is 4.79 Å². The summed E-state index contributed by atoms with van der Waals surface area (Å²) in [5, 5.41) is 12.1. The highest BCUT2D eigenvalue weighted by Gasteiger charge is 2.08. The summed E-state index contributed by atoms with van der Waals surface area (Å²) in [6, 6.07) is 13.9. The summed E-state index contributed by atoms with van der Waals surface area (Å²) in [6.45, 7) is 0. The minimum Gasteiger partial charge on any atom is -0.322 e. The van der Waals surface area contributed by atoms with Gasteiger partial charge in [0.2, 0.25) is 0 Å². The third kappa shape index (κ3) is 3.51. The highest BCUT2D eigenvalue weighted by molar-refractivity contribution is 6.42. The first kappa shape index (κ1) is 14.4. The molecule has 2 rings (SSSR count). The Bertz CT molecular complexity index is 675. The number of benzene rings is 2. The number of nitrogens with one attached hydrogen (secondary N) is 1. The lowest BCUT2D eigenvalue weighted by molar-refractivity contribution is 0.102. The molecule has 2 aromatic carbocycles. The van der Waals surface area contributed by atoms with E-state index >= 15 is 0 Å². The molecule has 0 radical (unpaired) electrons. The summed E-state index contributed by atoms with van der Waals surface area (Å²) < 4.78 is 0. The maximum atomic E-state index is 12.0. The predicted octanol–water partition coefficient (Wildman–Crippen LogP) is 4.31. The lowest BCUT2D eigenvalue weighted by Gasteiger charge is -2.06. The Morgan fingerprint density at radius 2 is 1.80 bits per heavy atom. The second-order valence-corrected chi connectivity index (χ2v) is 4.93. The van der Waals surface area contributed by atoms with Gasteiger partial charge in [0.25, 0.3) is 5.91 Å². The molecule has 0 spiro atoms. The van der Waals surface area contributed by atoms with Gasteiger partial charge in [0, 0.05) is 11.3 Å². The van der Waals surface area contributed by atoms with E-state index in [0.717, 1.165) is 5.56 Å². The number of hydrogen-bond acceptors (Lipinski definition) is 2. The van der Waals surface area contributed by atoms with Gasteiger partial charge in [-0.1, -0.05) is 35.3 Å². The van der Waals surface area contributed by atoms with Gasteiger partial charge >= 0.3 is 0 Å². The van der Waals surface area contributed by atoms with Gasteiger partial charge in [0.15, 0.2) is 0 Å². The molecular weight excluding hydrogens is 295 g/mol. The minimum absolute atomic E-state index is 0.267. The Labute approximate surface area is 126 Å². The molecule has 0 saturated carbocycles. The number of rotatable bonds is 3. The average molecular weight is 305 g/mol. The summed E-state index contributed by atoms with van der Waals surface area (Å²) in [5.74, 6) is -0.267. The molecule has 1 N–H and O–H groups in total. The largest absolute Gasteiger partial charge is 0.322 e. The van der Waals surface area contributed by atoms with Crippen LogP contribution in [0.2, 0.25) is 10.0 Å². The van der Waals surface area contributed by atoms with E-state index in [0.29, 0.717) is 27.7 Å². The van der Waals surface area contributed by atoms with Crippen molar-refractivity contribution < 1.29 is 4.79 Å². The van der Waals surface area contributed by atoms with Gasteiger partial charge in [-0.05, 0) is 35.9 Å². The molecule has 0 aliphatic heterocycles. The fourth-order valence-corrected chi connectivity index (χ4v) is 1.94. The average Bonchev–Trinajstić information content (AvgIpc) is 2.44. The van der Waals surface area contributed by atoms with Crippen molar-refractivity contribution in [3.8, 4) is 6.07 Å². The standard InChI is InChI=1S/C15H10Cl2N2O/c16-13-6-3-11(9-14(13)17)15(20)19-12-4-1-10(2-5-12)7-8-18/h1-6,9H,7H2,(H,19,20). The van der Waals surface area contributed by atoms with Crippen molar-refractivity contribution in [2.24, 2.45) is 0 Å². The van der Waals surface area contributed by atoms with Crippen molar-refractivity contribution in [3.63, 3.8) is 0 Å². The third-order valence-corrected chi connectivity index (χ3v) is 3.42. The van der Waals surface area contributed by atoms with Crippen LogP contribution in [0.1, 0.15) is 15.9 Å². The van der Waals surface area contributed by atoms with Crippen LogP contribution in [-0.2, 0) is 6.42 Å². The molecule has 0 unspecified atom stereocenters. The number of nitriles is 1. The normalized spacial score (nSPS) is 9.85. The van der Waals surface area contributed by atoms with Crippen LogP contribution in [0.5, 0.6) is 0 Å². The molecule has 0 atom stereocenters. The van der Waals surface area contributed by atoms with E-state index in [1.807, 2.05) is 0 Å². The minimum atomic E-state index is -0.267. The summed E-state index contributed by atoms with van der Waals surface area (Å²) in [4.78, 5) is 12.0. The van der Waals surface area contributed by atoms with Crippen LogP contribution in [-0.4, -0.2) is 5.91 Å². The zero-order chi connectivity index (χ0) is 14.5. The molecule has 0 fully saturated rings. The first-order chi connectivity index (χ1) is 9.60. The number of carbonyl (C=O) groups is 1. The maximum absolute atomic E-state index is 12.0. The van der Waals surface area contributed by atoms with E-state index in [4.69, 9.17) is 28.5 Å². The topological polar surface area (TPSA) is 52.9 Å². The molecule has 0 saturated heterocycles. The van der Waals surface area contributed by atoms with Gasteiger partial charge in [-0.2, -0.15) is 5.26 Å². The highest BCUT2D eigenvalue weighted by atomic mass is 35.5. The van der Waals surface area contributed by atoms with Gasteiger partial charge in [-0.3, -0.25) is 4.79 Å². The van der Waals surface area contributed by atoms with Crippen LogP contribution in [0.3, 0.4) is 0 Å². The fourth-order valence-electron chi connectivity index (χ4n) is 1.64. The first-order valence-corrected chi connectivity index (χ1v) is 6.58. The van der Waals surface area contributed by atoms with E-state index in [2.05, 4.69) is 11.4 Å². The van der Waals surface area contributed by atoms with Crippen molar-refractivity contribution in [1.29, 1.82) is 5.26 Å². The van der Waals surface area contributed by atoms with Crippen molar-refractivity contribution in [3.05, 3.63) is 63.6 Å². The van der Waals surface area contributed by atoms with Crippen molar-refractivity contribution >= 4 is 34.8 Å². The molecule has 3 nitrogen and oxygen atoms in total. The molecule has 1 amide bonds. The monoisotopic (exact) mass is 304 g/mol. The smallest absolute Gasteiger partial charge is 0.255 e. The van der Waals surface area contributed by atoms with Gasteiger partial charge in [0.1, 0.15) is 0 Å². The van der Waals surface area contributed by atoms with Crippen LogP contribution in [0.4, 0.5) is 5.69 Å². The quantitative estimate of drug-likeness (QED) is 0.918. The van der Waals surface area contributed by atoms with Crippen LogP contribution < -0.4 is 5.32 Å². The number of hydrogen-bond donors (Lipinski definition) is 1. The summed E-state index contributed by atoms with van der Waals surface area (Å²) in [6.07, 6.45) is 0.348. The molecule has 0 aromatic heterocycles. The molecule has 0 aliphatic rings. The Hall–Kier alpha value is -2.02. The zero-order valence-electron chi connectivity index (χ0n) is 10.4. The molecular formula is C15H10Cl2N2O. The van der Waals surface area contributed by atoms with Crippen molar-refractivity contribution in [2.75, 3.05) is 5.32 Å². The second-order valence-electron chi connectivity index (χ2n) is 4.11. The van der Waals surface area contributed by atoms with E-state index in [1.165, 1.54) is 6.07 Å². The fraction of sp³-hybridized carbons (Fsp3) is 0.0667. The van der Waals surface area contributed by atoms with Crippen LogP contribution in [0, 0.1) is 11.3 Å². The lowest BCUT2D eigenvalue weighted by Crippen LogP contribution is -2.11. The van der Waals surface area contributed by atoms with E-state index < -0.39 is 0 Å². The van der Waals surface area contributed by atoms with E-state index in [1.54, 1.807) is 36.4 Å². The van der Waals surface area contributed by atoms with Gasteiger partial charge < -0.3 is 5.32 Å². The third-order valence-electron chi connectivity index (χ3n) is 2.68. The summed E-state index contributed by atoms with van der Waals surface area (Å²) >= 11 is 11.7. The number of amides is 1.